The fraction of sp³-hybridized carbons (Fsp3) is 0.667. The van der Waals surface area contributed by atoms with Crippen molar-refractivity contribution in [3.05, 3.63) is 4.91 Å². The molecule has 1 rings (SSSR count). The molecule has 0 spiro atoms. The second-order valence-electron chi connectivity index (χ2n) is 2.22. The summed E-state index contributed by atoms with van der Waals surface area (Å²) in [6.45, 7) is 2.53. The maximum atomic E-state index is 10.7. The van der Waals surface area contributed by atoms with Gasteiger partial charge in [0.2, 0.25) is 0 Å². The second kappa shape index (κ2) is 3.80. The number of aliphatic imine (C=N–C) groups is 1. The molecule has 0 radical (unpaired) electrons. The van der Waals surface area contributed by atoms with E-state index in [-0.39, 0.29) is 6.61 Å². The average Bonchev–Trinajstić information content (AvgIpc) is 2.52. The number of carbonyl (C=O) groups is 1. The molecule has 0 unspecified atom stereocenters. The Labute approximate surface area is 69.0 Å². The van der Waals surface area contributed by atoms with Crippen molar-refractivity contribution in [1.29, 1.82) is 0 Å². The quantitative estimate of drug-likeness (QED) is 0.575. The lowest BCUT2D eigenvalue weighted by Gasteiger charge is -1.97. The Kier molecular flexibility index (Phi) is 2.73. The van der Waals surface area contributed by atoms with E-state index >= 15 is 0 Å². The predicted molar refractivity (Wildman–Crippen MR) is 41.7 cm³/mol. The van der Waals surface area contributed by atoms with Gasteiger partial charge in [-0.05, 0) is 6.92 Å². The molecule has 66 valence electrons. The van der Waals surface area contributed by atoms with Crippen molar-refractivity contribution in [3.63, 3.8) is 0 Å². The normalized spacial score (nSPS) is 24.8. The van der Waals surface area contributed by atoms with Gasteiger partial charge in [-0.2, -0.15) is 0 Å². The van der Waals surface area contributed by atoms with Crippen LogP contribution in [0.3, 0.4) is 0 Å². The predicted octanol–water partition coefficient (Wildman–Crippen LogP) is -0.356. The van der Waals surface area contributed by atoms with Crippen molar-refractivity contribution in [1.82, 2.24) is 5.32 Å². The fourth-order valence-electron chi connectivity index (χ4n) is 0.826. The minimum Gasteiger partial charge on any atom is -0.463 e. The van der Waals surface area contributed by atoms with Gasteiger partial charge in [-0.1, -0.05) is 0 Å². The summed E-state index contributed by atoms with van der Waals surface area (Å²) in [6.07, 6.45) is 0. The lowest BCUT2D eigenvalue weighted by molar-refractivity contribution is -0.119. The Bertz CT molecular complexity index is 226. The number of rotatable bonds is 2. The summed E-state index contributed by atoms with van der Waals surface area (Å²) in [7, 11) is 0. The summed E-state index contributed by atoms with van der Waals surface area (Å²) >= 11 is 0. The first-order valence-electron chi connectivity index (χ1n) is 3.59. The molecule has 1 fully saturated rings. The number of carbonyl (C=O) groups excluding carboxylic acids is 1. The second-order valence-corrected chi connectivity index (χ2v) is 2.22. The van der Waals surface area contributed by atoms with E-state index in [9.17, 15) is 9.70 Å². The van der Waals surface area contributed by atoms with Crippen LogP contribution in [0.5, 0.6) is 0 Å². The minimum absolute atomic E-state index is 0.128. The number of nitrogens with zero attached hydrogens (tertiary/aromatic N) is 2. The lowest BCUT2D eigenvalue weighted by Crippen LogP contribution is -2.33. The highest BCUT2D eigenvalue weighted by Crippen LogP contribution is 1.99. The van der Waals surface area contributed by atoms with Gasteiger partial charge in [-0.25, -0.2) is 4.99 Å². The van der Waals surface area contributed by atoms with Crippen LogP contribution in [0.2, 0.25) is 0 Å². The zero-order valence-corrected chi connectivity index (χ0v) is 6.61. The molecule has 0 aromatic heterocycles. The summed E-state index contributed by atoms with van der Waals surface area (Å²) in [5.74, 6) is -0.753. The van der Waals surface area contributed by atoms with Crippen LogP contribution >= 0.6 is 0 Å². The number of hydrogen-bond donors (Lipinski definition) is 1. The van der Waals surface area contributed by atoms with Gasteiger partial charge in [-0.3, -0.25) is 4.79 Å². The summed E-state index contributed by atoms with van der Waals surface area (Å²) in [5.41, 5.74) is 0. The maximum absolute atomic E-state index is 10.7. The molecule has 1 atom stereocenters. The summed E-state index contributed by atoms with van der Waals surface area (Å²) in [5, 5.41) is 4.91. The van der Waals surface area contributed by atoms with Crippen molar-refractivity contribution >= 4 is 11.9 Å². The Morgan fingerprint density at radius 3 is 3.17 bits per heavy atom. The molecule has 0 aromatic carbocycles. The molecule has 1 heterocycles. The van der Waals surface area contributed by atoms with Gasteiger partial charge in [0.25, 0.3) is 6.02 Å². The number of nitrogens with one attached hydrogen (secondary N) is 1. The van der Waals surface area contributed by atoms with Gasteiger partial charge in [0, 0.05) is 11.7 Å². The molecule has 1 amide bonds. The van der Waals surface area contributed by atoms with E-state index in [0.717, 1.165) is 0 Å². The molecular weight excluding hydrogens is 162 g/mol. The van der Waals surface area contributed by atoms with Crippen LogP contribution in [0.25, 0.3) is 0 Å². The van der Waals surface area contributed by atoms with Crippen LogP contribution in [-0.2, 0) is 9.53 Å². The smallest absolute Gasteiger partial charge is 0.311 e. The van der Waals surface area contributed by atoms with Crippen LogP contribution in [0.15, 0.2) is 10.2 Å². The van der Waals surface area contributed by atoms with E-state index in [1.54, 1.807) is 0 Å². The minimum atomic E-state index is -0.753. The molecule has 1 aliphatic rings. The highest BCUT2D eigenvalue weighted by molar-refractivity contribution is 5.89. The Morgan fingerprint density at radius 2 is 2.58 bits per heavy atom. The van der Waals surface area contributed by atoms with Crippen molar-refractivity contribution in [3.8, 4) is 0 Å². The largest absolute Gasteiger partial charge is 0.463 e. The monoisotopic (exact) mass is 171 g/mol. The molecule has 6 nitrogen and oxygen atoms in total. The Hall–Kier alpha value is -1.46. The van der Waals surface area contributed by atoms with Gasteiger partial charge in [0.15, 0.2) is 0 Å². The van der Waals surface area contributed by atoms with Crippen molar-refractivity contribution < 1.29 is 9.53 Å². The first-order chi connectivity index (χ1) is 5.77. The van der Waals surface area contributed by atoms with E-state index in [1.807, 2.05) is 6.92 Å². The molecule has 6 heteroatoms. The summed E-state index contributed by atoms with van der Waals surface area (Å²) < 4.78 is 4.95. The summed E-state index contributed by atoms with van der Waals surface area (Å²) in [4.78, 5) is 24.4. The highest BCUT2D eigenvalue weighted by atomic mass is 16.5. The number of amides is 1. The molecule has 0 aromatic rings. The topological polar surface area (TPSA) is 80.1 Å². The molecule has 1 aliphatic heterocycles. The van der Waals surface area contributed by atoms with Crippen LogP contribution in [-0.4, -0.2) is 31.1 Å². The molecule has 12 heavy (non-hydrogen) atoms. The summed E-state index contributed by atoms with van der Waals surface area (Å²) in [6, 6.07) is -0.354. The standard InChI is InChI=1S/C6H9N3O3/c1-2-7-6-8-4(3-12-6)5(10)9-11/h4H,2-3H2,1H3,(H,7,8)/t4-/m0/s1. The van der Waals surface area contributed by atoms with Crippen LogP contribution in [0.4, 0.5) is 0 Å². The third-order valence-electron chi connectivity index (χ3n) is 1.37. The van der Waals surface area contributed by atoms with Gasteiger partial charge >= 0.3 is 5.91 Å². The van der Waals surface area contributed by atoms with E-state index in [2.05, 4.69) is 15.5 Å². The molecule has 0 bridgehead atoms. The molecule has 0 aliphatic carbocycles. The zero-order chi connectivity index (χ0) is 8.97. The third kappa shape index (κ3) is 1.77. The van der Waals surface area contributed by atoms with E-state index < -0.39 is 11.9 Å². The third-order valence-corrected chi connectivity index (χ3v) is 1.37. The number of ether oxygens (including phenoxy) is 1. The Balaban J connectivity index is 2.50. The first-order valence-corrected chi connectivity index (χ1v) is 3.59. The van der Waals surface area contributed by atoms with Crippen LogP contribution < -0.4 is 5.32 Å². The fourth-order valence-corrected chi connectivity index (χ4v) is 0.826. The van der Waals surface area contributed by atoms with Crippen molar-refractivity contribution in [2.45, 2.75) is 13.0 Å². The SMILES string of the molecule is CCN=C1N[C@H](C(=O)N=O)CO1. The average molecular weight is 171 g/mol. The zero-order valence-electron chi connectivity index (χ0n) is 6.61. The van der Waals surface area contributed by atoms with Crippen LogP contribution in [0, 0.1) is 4.91 Å². The number of nitroso groups, excluding NO2 is 1. The van der Waals surface area contributed by atoms with Crippen molar-refractivity contribution in [2.75, 3.05) is 13.2 Å². The molecule has 0 saturated carbocycles. The molecule has 1 saturated heterocycles. The first kappa shape index (κ1) is 8.63. The van der Waals surface area contributed by atoms with Crippen LogP contribution in [0.1, 0.15) is 6.92 Å². The van der Waals surface area contributed by atoms with Gasteiger partial charge in [-0.15, -0.1) is 4.91 Å². The Morgan fingerprint density at radius 1 is 1.83 bits per heavy atom. The van der Waals surface area contributed by atoms with Gasteiger partial charge < -0.3 is 10.1 Å². The molecular formula is C6H9N3O3. The van der Waals surface area contributed by atoms with Gasteiger partial charge in [0.1, 0.15) is 12.6 Å². The van der Waals surface area contributed by atoms with Gasteiger partial charge in [0.05, 0.1) is 0 Å². The maximum Gasteiger partial charge on any atom is 0.311 e. The molecule has 1 N–H and O–H groups in total. The highest BCUT2D eigenvalue weighted by Gasteiger charge is 2.27. The van der Waals surface area contributed by atoms with E-state index in [1.165, 1.54) is 0 Å². The van der Waals surface area contributed by atoms with Crippen molar-refractivity contribution in [2.24, 2.45) is 10.2 Å². The van der Waals surface area contributed by atoms with E-state index in [0.29, 0.717) is 12.6 Å². The number of amidine groups is 1. The lowest BCUT2D eigenvalue weighted by atomic mass is 10.3. The van der Waals surface area contributed by atoms with E-state index in [4.69, 9.17) is 4.74 Å². The number of hydrogen-bond acceptors (Lipinski definition) is 4.